The van der Waals surface area contributed by atoms with Crippen molar-refractivity contribution >= 4 is 146 Å². The molecule has 4 aromatic heterocycles. The van der Waals surface area contributed by atoms with E-state index in [1.165, 1.54) is 140 Å². The van der Waals surface area contributed by atoms with Gasteiger partial charge in [0.15, 0.2) is 7.28 Å². The Bertz CT molecular complexity index is 4090. The van der Waals surface area contributed by atoms with Gasteiger partial charge in [-0.2, -0.15) is 0 Å². The van der Waals surface area contributed by atoms with E-state index >= 15 is 0 Å². The molecule has 2 aliphatic rings. The first kappa shape index (κ1) is 39.3. The van der Waals surface area contributed by atoms with E-state index in [0.717, 1.165) is 11.4 Å². The molecule has 1 N–H and O–H groups in total. The van der Waals surface area contributed by atoms with Crippen molar-refractivity contribution in [2.24, 2.45) is 0 Å². The Morgan fingerprint density at radius 2 is 1.15 bits per heavy atom. The minimum atomic E-state index is 0.0676. The van der Waals surface area contributed by atoms with Crippen LogP contribution in [0.2, 0.25) is 0 Å². The smallest absolute Gasteiger partial charge is 0.197 e. The summed E-state index contributed by atoms with van der Waals surface area (Å²) in [5.41, 5.74) is 15.8. The van der Waals surface area contributed by atoms with E-state index in [1.807, 2.05) is 34.0 Å². The van der Waals surface area contributed by atoms with Gasteiger partial charge in [-0.1, -0.05) is 127 Å². The van der Waals surface area contributed by atoms with Crippen LogP contribution in [-0.2, 0) is 16.2 Å². The van der Waals surface area contributed by atoms with Crippen LogP contribution in [0.4, 0.5) is 11.4 Å². The summed E-state index contributed by atoms with van der Waals surface area (Å²) in [4.78, 5) is 0. The van der Waals surface area contributed by atoms with E-state index in [-0.39, 0.29) is 16.2 Å². The maximum absolute atomic E-state index is 4.06. The fourth-order valence-electron chi connectivity index (χ4n) is 11.8. The molecule has 0 fully saturated rings. The second-order valence-corrected chi connectivity index (χ2v) is 24.6. The molecule has 0 unspecified atom stereocenters. The van der Waals surface area contributed by atoms with Gasteiger partial charge < -0.3 is 9.88 Å². The van der Waals surface area contributed by atoms with E-state index in [0.29, 0.717) is 0 Å². The number of nitrogens with one attached hydrogen (secondary N) is 1. The number of thiophene rings is 3. The Morgan fingerprint density at radius 3 is 1.82 bits per heavy atom. The van der Waals surface area contributed by atoms with Crippen molar-refractivity contribution in [2.75, 3.05) is 5.32 Å². The third-order valence-electron chi connectivity index (χ3n) is 15.4. The Hall–Kier alpha value is -5.92. The van der Waals surface area contributed by atoms with E-state index in [9.17, 15) is 0 Å². The Morgan fingerprint density at radius 1 is 0.561 bits per heavy atom. The lowest BCUT2D eigenvalue weighted by Crippen LogP contribution is -2.37. The molecule has 0 saturated carbocycles. The quantitative estimate of drug-likeness (QED) is 0.175. The first-order valence-corrected chi connectivity index (χ1v) is 25.9. The summed E-state index contributed by atoms with van der Waals surface area (Å²) >= 11 is 5.80. The van der Waals surface area contributed by atoms with Gasteiger partial charge in [0.1, 0.15) is 0 Å². The van der Waals surface area contributed by atoms with E-state index in [2.05, 4.69) is 199 Å². The van der Waals surface area contributed by atoms with Crippen LogP contribution in [0.25, 0.3) is 99.1 Å². The van der Waals surface area contributed by atoms with Crippen LogP contribution in [0.15, 0.2) is 133 Å². The highest BCUT2D eigenvalue weighted by Gasteiger charge is 2.39. The summed E-state index contributed by atoms with van der Waals surface area (Å²) in [7, 11) is 2.56. The van der Waals surface area contributed by atoms with E-state index in [1.54, 1.807) is 0 Å². The van der Waals surface area contributed by atoms with Gasteiger partial charge in [0.2, 0.25) is 0 Å². The number of aromatic nitrogens is 1. The van der Waals surface area contributed by atoms with Crippen LogP contribution < -0.4 is 16.2 Å². The van der Waals surface area contributed by atoms with Gasteiger partial charge in [-0.3, -0.25) is 0 Å². The zero-order chi connectivity index (χ0) is 44.6. The van der Waals surface area contributed by atoms with Gasteiger partial charge in [-0.05, 0) is 123 Å². The third kappa shape index (κ3) is 5.47. The summed E-state index contributed by atoms with van der Waals surface area (Å²) in [6, 6.07) is 51.4. The highest BCUT2D eigenvalue weighted by molar-refractivity contribution is 7.27. The average Bonchev–Trinajstić information content (AvgIpc) is 4.06. The van der Waals surface area contributed by atoms with E-state index in [4.69, 9.17) is 0 Å². The van der Waals surface area contributed by atoms with Gasteiger partial charge in [0.25, 0.3) is 0 Å². The van der Waals surface area contributed by atoms with Crippen LogP contribution >= 0.6 is 34.0 Å². The minimum Gasteiger partial charge on any atom is -0.355 e. The summed E-state index contributed by atoms with van der Waals surface area (Å²) in [5.74, 6) is 0. The molecule has 8 aromatic carbocycles. The number of rotatable bonds is 3. The molecule has 14 rings (SSSR count). The van der Waals surface area contributed by atoms with Crippen molar-refractivity contribution in [3.05, 3.63) is 150 Å². The zero-order valence-corrected chi connectivity index (χ0v) is 40.8. The second kappa shape index (κ2) is 13.4. The fraction of sp³-hybridized carbons (Fsp3) is 0.200. The van der Waals surface area contributed by atoms with Gasteiger partial charge in [-0.25, -0.2) is 0 Å². The molecule has 1 radical (unpaired) electrons. The van der Waals surface area contributed by atoms with Crippen molar-refractivity contribution in [3.63, 3.8) is 0 Å². The third-order valence-corrected chi connectivity index (χ3v) is 18.9. The molecular weight excluding hydrogens is 856 g/mol. The largest absolute Gasteiger partial charge is 0.355 e. The molecule has 66 heavy (non-hydrogen) atoms. The fourth-order valence-corrected chi connectivity index (χ4v) is 15.3. The number of hydrogen-bond donors (Lipinski definition) is 1. The summed E-state index contributed by atoms with van der Waals surface area (Å²) < 4.78 is 10.7. The van der Waals surface area contributed by atoms with Crippen LogP contribution in [0, 0.1) is 0 Å². The maximum Gasteiger partial charge on any atom is 0.197 e. The summed E-state index contributed by atoms with van der Waals surface area (Å²) in [6.07, 6.45) is 2.36. The predicted molar refractivity (Wildman–Crippen MR) is 294 cm³/mol. The molecule has 319 valence electrons. The first-order chi connectivity index (χ1) is 31.8. The van der Waals surface area contributed by atoms with Crippen molar-refractivity contribution in [2.45, 2.75) is 77.6 Å². The number of hydrogen-bond acceptors (Lipinski definition) is 4. The molecule has 2 nitrogen and oxygen atoms in total. The standard InChI is InChI=1S/C60H48BN2S3/c1-58(2,3)32-20-22-33(23-21-32)62-44-28-38-35-15-9-12-18-48(35)64-50(38)29-39(44)52-53-36-16-10-13-19-49(36)66-57(53)54-40-26-41-42(60(6,7)25-24-59(41,4)5)30-45(40)63-46-31-51-37(27-43(46)61-55(52)56(54)63)34-14-8-11-17-47(34)65-51/h8-23,26-31,62H,24-25H2,1-7H3. The molecule has 1 aliphatic heterocycles. The van der Waals surface area contributed by atoms with E-state index < -0.39 is 0 Å². The van der Waals surface area contributed by atoms with Gasteiger partial charge in [-0.15, -0.1) is 34.0 Å². The SMILES string of the molecule is CC(C)(C)c1ccc(Nc2cc3c(cc2-c2c4c5c(c6cc7c(cc6n5-c5cc6sc8ccccc8c6cc5[B]4)C(C)(C)CCC7(C)C)c4sc5ccccc5c24)sc2ccccc23)cc1. The van der Waals surface area contributed by atoms with Crippen molar-refractivity contribution in [1.29, 1.82) is 0 Å². The summed E-state index contributed by atoms with van der Waals surface area (Å²) in [5, 5.41) is 14.8. The number of anilines is 2. The zero-order valence-electron chi connectivity index (χ0n) is 38.4. The number of nitrogens with zero attached hydrogens (tertiary/aromatic N) is 1. The first-order valence-electron chi connectivity index (χ1n) is 23.4. The Kier molecular flexibility index (Phi) is 7.96. The Balaban J connectivity index is 1.17. The predicted octanol–water partition coefficient (Wildman–Crippen LogP) is 16.9. The van der Waals surface area contributed by atoms with Crippen LogP contribution in [0.5, 0.6) is 0 Å². The number of fused-ring (bicyclic) bond motifs is 16. The summed E-state index contributed by atoms with van der Waals surface area (Å²) in [6.45, 7) is 16.8. The van der Waals surface area contributed by atoms with Gasteiger partial charge >= 0.3 is 0 Å². The van der Waals surface area contributed by atoms with Gasteiger partial charge in [0.05, 0.1) is 11.0 Å². The molecule has 0 spiro atoms. The normalized spacial score (nSPS) is 15.4. The molecule has 1 aliphatic carbocycles. The molecule has 0 saturated heterocycles. The Labute approximate surface area is 397 Å². The molecule has 0 bridgehead atoms. The van der Waals surface area contributed by atoms with Crippen LogP contribution in [-0.4, -0.2) is 11.8 Å². The monoisotopic (exact) mass is 903 g/mol. The molecule has 0 amide bonds. The minimum absolute atomic E-state index is 0.0676. The molecular formula is C60H48BN2S3. The molecule has 0 atom stereocenters. The lowest BCUT2D eigenvalue weighted by Gasteiger charge is -2.42. The van der Waals surface area contributed by atoms with Crippen LogP contribution in [0.1, 0.15) is 78.0 Å². The van der Waals surface area contributed by atoms with Gasteiger partial charge in [0, 0.05) is 88.5 Å². The van der Waals surface area contributed by atoms with Crippen molar-refractivity contribution in [1.82, 2.24) is 4.57 Å². The highest BCUT2D eigenvalue weighted by atomic mass is 32.1. The van der Waals surface area contributed by atoms with Crippen molar-refractivity contribution < 1.29 is 0 Å². The average molecular weight is 904 g/mol. The number of benzene rings is 8. The topological polar surface area (TPSA) is 17.0 Å². The molecule has 6 heteroatoms. The van der Waals surface area contributed by atoms with Crippen LogP contribution in [0.3, 0.4) is 0 Å². The lowest BCUT2D eigenvalue weighted by molar-refractivity contribution is 0.332. The second-order valence-electron chi connectivity index (χ2n) is 21.4. The maximum atomic E-state index is 4.06. The molecule has 12 aromatic rings. The molecule has 5 heterocycles. The highest BCUT2D eigenvalue weighted by Crippen LogP contribution is 2.53. The van der Waals surface area contributed by atoms with Crippen molar-refractivity contribution in [3.8, 4) is 16.8 Å². The lowest BCUT2D eigenvalue weighted by atomic mass is 9.58.